The number of para-hydroxylation sites is 1. The van der Waals surface area contributed by atoms with E-state index in [0.717, 1.165) is 0 Å². The minimum atomic E-state index is -1.00. The molecule has 2 unspecified atom stereocenters. The predicted molar refractivity (Wildman–Crippen MR) is 91.9 cm³/mol. The number of ether oxygens (including phenoxy) is 2. The highest BCUT2D eigenvalue weighted by atomic mass is 16.6. The standard InChI is InChI=1S/C20H13NO5/c1-24-20(23)18-15(12-8-6-11(10-21)7-9-12)16-17(26-18)13-4-2-3-5-14(13)25-19(16)22/h2-9,15,18H,1H3. The number of rotatable bonds is 2. The van der Waals surface area contributed by atoms with Crippen molar-refractivity contribution >= 4 is 16.9 Å². The van der Waals surface area contributed by atoms with Gasteiger partial charge in [-0.1, -0.05) is 24.3 Å². The van der Waals surface area contributed by atoms with Crippen molar-refractivity contribution in [3.8, 4) is 11.8 Å². The van der Waals surface area contributed by atoms with Gasteiger partial charge in [0.2, 0.25) is 6.10 Å². The summed E-state index contributed by atoms with van der Waals surface area (Å²) < 4.78 is 16.2. The molecule has 0 fully saturated rings. The molecule has 3 aromatic rings. The number of carbonyl (C=O) groups is 1. The number of methoxy groups -OCH3 is 1. The van der Waals surface area contributed by atoms with Gasteiger partial charge in [-0.05, 0) is 29.8 Å². The second kappa shape index (κ2) is 6.05. The van der Waals surface area contributed by atoms with E-state index in [1.807, 2.05) is 6.07 Å². The SMILES string of the molecule is COC(=O)C1Oc2c(c(=O)oc3ccccc23)C1c1ccc(C#N)cc1. The minimum Gasteiger partial charge on any atom is -0.476 e. The van der Waals surface area contributed by atoms with Crippen LogP contribution in [0.15, 0.2) is 57.7 Å². The van der Waals surface area contributed by atoms with Gasteiger partial charge in [0.25, 0.3) is 0 Å². The fourth-order valence-electron chi connectivity index (χ4n) is 3.28. The first-order valence-corrected chi connectivity index (χ1v) is 7.94. The molecule has 6 nitrogen and oxygen atoms in total. The molecule has 1 aliphatic rings. The fourth-order valence-corrected chi connectivity index (χ4v) is 3.28. The molecule has 128 valence electrons. The Morgan fingerprint density at radius 3 is 2.58 bits per heavy atom. The van der Waals surface area contributed by atoms with Gasteiger partial charge in [0.05, 0.1) is 35.6 Å². The maximum absolute atomic E-state index is 12.6. The van der Waals surface area contributed by atoms with Crippen molar-refractivity contribution in [2.75, 3.05) is 7.11 Å². The normalized spacial score (nSPS) is 18.0. The van der Waals surface area contributed by atoms with Gasteiger partial charge >= 0.3 is 11.6 Å². The third-order valence-electron chi connectivity index (χ3n) is 4.49. The van der Waals surface area contributed by atoms with Crippen LogP contribution in [0.25, 0.3) is 11.0 Å². The number of fused-ring (bicyclic) bond motifs is 3. The Hall–Kier alpha value is -3.59. The highest BCUT2D eigenvalue weighted by Gasteiger charge is 2.44. The summed E-state index contributed by atoms with van der Waals surface area (Å²) in [6.45, 7) is 0. The van der Waals surface area contributed by atoms with Crippen LogP contribution in [-0.4, -0.2) is 19.2 Å². The van der Waals surface area contributed by atoms with Gasteiger partial charge in [-0.25, -0.2) is 9.59 Å². The molecule has 2 atom stereocenters. The average molecular weight is 347 g/mol. The van der Waals surface area contributed by atoms with Gasteiger partial charge in [-0.2, -0.15) is 5.26 Å². The molecule has 0 spiro atoms. The van der Waals surface area contributed by atoms with E-state index < -0.39 is 23.6 Å². The van der Waals surface area contributed by atoms with Crippen LogP contribution in [0, 0.1) is 11.3 Å². The molecule has 0 saturated carbocycles. The second-order valence-corrected chi connectivity index (χ2v) is 5.90. The molecule has 1 aliphatic heterocycles. The van der Waals surface area contributed by atoms with Crippen molar-refractivity contribution < 1.29 is 18.7 Å². The molecule has 0 bridgehead atoms. The van der Waals surface area contributed by atoms with E-state index >= 15 is 0 Å². The van der Waals surface area contributed by atoms with Crippen LogP contribution in [0.4, 0.5) is 0 Å². The second-order valence-electron chi connectivity index (χ2n) is 5.90. The van der Waals surface area contributed by atoms with Crippen LogP contribution >= 0.6 is 0 Å². The smallest absolute Gasteiger partial charge is 0.348 e. The molecule has 0 radical (unpaired) electrons. The Bertz CT molecular complexity index is 1110. The van der Waals surface area contributed by atoms with Crippen molar-refractivity contribution in [1.82, 2.24) is 0 Å². The molecule has 4 rings (SSSR count). The quantitative estimate of drug-likeness (QED) is 0.523. The summed E-state index contributed by atoms with van der Waals surface area (Å²) in [5.74, 6) is -0.924. The minimum absolute atomic E-state index is 0.281. The molecule has 0 N–H and O–H groups in total. The highest BCUT2D eigenvalue weighted by molar-refractivity contribution is 5.88. The first-order valence-electron chi connectivity index (χ1n) is 7.94. The number of nitriles is 1. The molecule has 2 aromatic carbocycles. The Labute approximate surface area is 148 Å². The lowest BCUT2D eigenvalue weighted by atomic mass is 9.88. The fraction of sp³-hybridized carbons (Fsp3) is 0.150. The zero-order valence-electron chi connectivity index (χ0n) is 13.8. The predicted octanol–water partition coefficient (Wildman–Crippen LogP) is 2.73. The van der Waals surface area contributed by atoms with E-state index in [2.05, 4.69) is 0 Å². The summed E-state index contributed by atoms with van der Waals surface area (Å²) in [5.41, 5.74) is 1.26. The number of hydrogen-bond donors (Lipinski definition) is 0. The Kier molecular flexibility index (Phi) is 3.70. The summed E-state index contributed by atoms with van der Waals surface area (Å²) in [4.78, 5) is 24.9. The van der Waals surface area contributed by atoms with Gasteiger partial charge in [-0.15, -0.1) is 0 Å². The zero-order valence-corrected chi connectivity index (χ0v) is 13.8. The lowest BCUT2D eigenvalue weighted by Gasteiger charge is -2.16. The largest absolute Gasteiger partial charge is 0.476 e. The van der Waals surface area contributed by atoms with Crippen LogP contribution in [0.5, 0.6) is 5.75 Å². The van der Waals surface area contributed by atoms with Crippen LogP contribution in [0.1, 0.15) is 22.6 Å². The van der Waals surface area contributed by atoms with Gasteiger partial charge in [0, 0.05) is 0 Å². The van der Waals surface area contributed by atoms with E-state index in [-0.39, 0.29) is 5.56 Å². The third-order valence-corrected chi connectivity index (χ3v) is 4.49. The third kappa shape index (κ3) is 2.33. The maximum Gasteiger partial charge on any atom is 0.348 e. The molecule has 0 amide bonds. The van der Waals surface area contributed by atoms with Gasteiger partial charge in [0.1, 0.15) is 11.3 Å². The molecule has 1 aromatic heterocycles. The molecule has 6 heteroatoms. The summed E-state index contributed by atoms with van der Waals surface area (Å²) in [7, 11) is 1.27. The zero-order chi connectivity index (χ0) is 18.3. The topological polar surface area (TPSA) is 89.5 Å². The average Bonchev–Trinajstić information content (AvgIpc) is 3.09. The van der Waals surface area contributed by atoms with Crippen molar-refractivity contribution in [3.05, 3.63) is 75.6 Å². The van der Waals surface area contributed by atoms with Gasteiger partial charge in [-0.3, -0.25) is 0 Å². The maximum atomic E-state index is 12.6. The van der Waals surface area contributed by atoms with E-state index in [1.165, 1.54) is 7.11 Å². The van der Waals surface area contributed by atoms with E-state index in [1.54, 1.807) is 48.5 Å². The summed E-state index contributed by atoms with van der Waals surface area (Å²) in [5, 5.41) is 9.60. The first-order chi connectivity index (χ1) is 12.6. The Balaban J connectivity index is 1.96. The van der Waals surface area contributed by atoms with Crippen LogP contribution in [-0.2, 0) is 9.53 Å². The van der Waals surface area contributed by atoms with Crippen molar-refractivity contribution in [2.45, 2.75) is 12.0 Å². The lowest BCUT2D eigenvalue weighted by molar-refractivity contribution is -0.148. The van der Waals surface area contributed by atoms with Crippen molar-refractivity contribution in [2.24, 2.45) is 0 Å². The van der Waals surface area contributed by atoms with Crippen molar-refractivity contribution in [3.63, 3.8) is 0 Å². The molecule has 26 heavy (non-hydrogen) atoms. The van der Waals surface area contributed by atoms with Crippen LogP contribution in [0.2, 0.25) is 0 Å². The number of carbonyl (C=O) groups excluding carboxylic acids is 1. The number of benzene rings is 2. The first kappa shape index (κ1) is 15.9. The van der Waals surface area contributed by atoms with E-state index in [4.69, 9.17) is 19.2 Å². The van der Waals surface area contributed by atoms with Crippen LogP contribution < -0.4 is 10.4 Å². The number of nitrogens with zero attached hydrogens (tertiary/aromatic N) is 1. The number of hydrogen-bond acceptors (Lipinski definition) is 6. The van der Waals surface area contributed by atoms with E-state index in [9.17, 15) is 9.59 Å². The van der Waals surface area contributed by atoms with Crippen molar-refractivity contribution in [1.29, 1.82) is 5.26 Å². The van der Waals surface area contributed by atoms with Gasteiger partial charge in [0.15, 0.2) is 0 Å². The van der Waals surface area contributed by atoms with Gasteiger partial charge < -0.3 is 13.9 Å². The number of esters is 1. The van der Waals surface area contributed by atoms with Crippen LogP contribution in [0.3, 0.4) is 0 Å². The summed E-state index contributed by atoms with van der Waals surface area (Å²) in [6.07, 6.45) is -1.00. The molecular weight excluding hydrogens is 334 g/mol. The Morgan fingerprint density at radius 2 is 1.88 bits per heavy atom. The lowest BCUT2D eigenvalue weighted by Crippen LogP contribution is -2.31. The monoisotopic (exact) mass is 347 g/mol. The molecule has 2 heterocycles. The van der Waals surface area contributed by atoms with E-state index in [0.29, 0.717) is 27.8 Å². The molecule has 0 aliphatic carbocycles. The Morgan fingerprint density at radius 1 is 1.15 bits per heavy atom. The summed E-state index contributed by atoms with van der Waals surface area (Å²) >= 11 is 0. The molecule has 0 saturated heterocycles. The summed E-state index contributed by atoms with van der Waals surface area (Å²) in [6, 6.07) is 15.7. The molecular formula is C20H13NO5. The highest BCUT2D eigenvalue weighted by Crippen LogP contribution is 2.44.